The van der Waals surface area contributed by atoms with Crippen molar-refractivity contribution in [1.82, 2.24) is 0 Å². The molecular formula is C18H24N2O2. The van der Waals surface area contributed by atoms with Gasteiger partial charge in [-0.3, -0.25) is 4.79 Å². The summed E-state index contributed by atoms with van der Waals surface area (Å²) < 4.78 is 4.98. The van der Waals surface area contributed by atoms with E-state index in [1.54, 1.807) is 14.2 Å². The predicted molar refractivity (Wildman–Crippen MR) is 91.3 cm³/mol. The number of ether oxygens (including phenoxy) is 1. The largest absolute Gasteiger partial charge is 0.497 e. The molecule has 0 aliphatic rings. The van der Waals surface area contributed by atoms with Crippen molar-refractivity contribution in [3.63, 3.8) is 0 Å². The van der Waals surface area contributed by atoms with Gasteiger partial charge >= 0.3 is 0 Å². The van der Waals surface area contributed by atoms with Crippen LogP contribution in [0.2, 0.25) is 0 Å². The zero-order valence-corrected chi connectivity index (χ0v) is 13.4. The Morgan fingerprint density at radius 3 is 2.18 bits per heavy atom. The second-order valence-electron chi connectivity index (χ2n) is 5.08. The van der Waals surface area contributed by atoms with Crippen LogP contribution in [0.25, 0.3) is 0 Å². The highest BCUT2D eigenvalue weighted by atomic mass is 16.5. The Labute approximate surface area is 132 Å². The van der Waals surface area contributed by atoms with Gasteiger partial charge in [-0.1, -0.05) is 30.3 Å². The molecule has 1 unspecified atom stereocenters. The van der Waals surface area contributed by atoms with Crippen molar-refractivity contribution >= 4 is 12.1 Å². The SMILES string of the molecule is CC(N)Cc1ccccc1.COc1ccc(N(C)C=O)cc1. The first-order valence-electron chi connectivity index (χ1n) is 7.18. The first-order valence-corrected chi connectivity index (χ1v) is 7.18. The van der Waals surface area contributed by atoms with Gasteiger partial charge < -0.3 is 15.4 Å². The van der Waals surface area contributed by atoms with Crippen LogP contribution in [0.5, 0.6) is 5.75 Å². The first kappa shape index (κ1) is 17.7. The lowest BCUT2D eigenvalue weighted by molar-refractivity contribution is -0.107. The van der Waals surface area contributed by atoms with Crippen LogP contribution in [0.15, 0.2) is 54.6 Å². The molecule has 118 valence electrons. The number of carbonyl (C=O) groups is 1. The minimum absolute atomic E-state index is 0.266. The van der Waals surface area contributed by atoms with Gasteiger partial charge in [-0.15, -0.1) is 0 Å². The molecule has 0 bridgehead atoms. The summed E-state index contributed by atoms with van der Waals surface area (Å²) >= 11 is 0. The van der Waals surface area contributed by atoms with Gasteiger partial charge in [-0.2, -0.15) is 0 Å². The second-order valence-corrected chi connectivity index (χ2v) is 5.08. The van der Waals surface area contributed by atoms with Crippen LogP contribution in [0.1, 0.15) is 12.5 Å². The van der Waals surface area contributed by atoms with Crippen LogP contribution in [0, 0.1) is 0 Å². The third-order valence-electron chi connectivity index (χ3n) is 3.04. The molecular weight excluding hydrogens is 276 g/mol. The Kier molecular flexibility index (Phi) is 7.72. The molecule has 0 heterocycles. The highest BCUT2D eigenvalue weighted by Gasteiger charge is 1.97. The monoisotopic (exact) mass is 300 g/mol. The van der Waals surface area contributed by atoms with E-state index in [2.05, 4.69) is 12.1 Å². The lowest BCUT2D eigenvalue weighted by atomic mass is 10.1. The summed E-state index contributed by atoms with van der Waals surface area (Å²) in [6.45, 7) is 2.02. The van der Waals surface area contributed by atoms with Crippen molar-refractivity contribution in [3.05, 3.63) is 60.2 Å². The van der Waals surface area contributed by atoms with Gasteiger partial charge in [-0.05, 0) is 43.2 Å². The van der Waals surface area contributed by atoms with Crippen LogP contribution in [-0.2, 0) is 11.2 Å². The Balaban J connectivity index is 0.000000224. The van der Waals surface area contributed by atoms with Gasteiger partial charge in [-0.25, -0.2) is 0 Å². The molecule has 2 rings (SSSR count). The van der Waals surface area contributed by atoms with E-state index in [4.69, 9.17) is 10.5 Å². The van der Waals surface area contributed by atoms with Crippen molar-refractivity contribution in [1.29, 1.82) is 0 Å². The van der Waals surface area contributed by atoms with Crippen molar-refractivity contribution in [3.8, 4) is 5.75 Å². The zero-order chi connectivity index (χ0) is 16.4. The highest BCUT2D eigenvalue weighted by Crippen LogP contribution is 2.16. The fraction of sp³-hybridized carbons (Fsp3) is 0.278. The number of methoxy groups -OCH3 is 1. The fourth-order valence-electron chi connectivity index (χ4n) is 1.86. The Bertz CT molecular complexity index is 539. The molecule has 0 saturated carbocycles. The van der Waals surface area contributed by atoms with Crippen molar-refractivity contribution < 1.29 is 9.53 Å². The summed E-state index contributed by atoms with van der Waals surface area (Å²) in [5.74, 6) is 0.790. The third-order valence-corrected chi connectivity index (χ3v) is 3.04. The Hall–Kier alpha value is -2.33. The van der Waals surface area contributed by atoms with Crippen LogP contribution in [0.3, 0.4) is 0 Å². The molecule has 0 aliphatic carbocycles. The molecule has 0 aliphatic heterocycles. The quantitative estimate of drug-likeness (QED) is 0.864. The molecule has 4 nitrogen and oxygen atoms in total. The van der Waals surface area contributed by atoms with Gasteiger partial charge in [0.15, 0.2) is 0 Å². The average molecular weight is 300 g/mol. The van der Waals surface area contributed by atoms with Crippen molar-refractivity contribution in [2.45, 2.75) is 19.4 Å². The molecule has 0 spiro atoms. The maximum absolute atomic E-state index is 10.4. The first-order chi connectivity index (χ1) is 10.6. The Morgan fingerprint density at radius 1 is 1.14 bits per heavy atom. The molecule has 0 aromatic heterocycles. The van der Waals surface area contributed by atoms with E-state index in [0.717, 1.165) is 24.3 Å². The fourth-order valence-corrected chi connectivity index (χ4v) is 1.86. The third kappa shape index (κ3) is 6.41. The van der Waals surface area contributed by atoms with Crippen molar-refractivity contribution in [2.24, 2.45) is 5.73 Å². The van der Waals surface area contributed by atoms with E-state index < -0.39 is 0 Å². The van der Waals surface area contributed by atoms with E-state index in [1.165, 1.54) is 10.5 Å². The summed E-state index contributed by atoms with van der Waals surface area (Å²) in [6.07, 6.45) is 1.74. The molecule has 0 saturated heterocycles. The number of benzene rings is 2. The lowest BCUT2D eigenvalue weighted by Crippen LogP contribution is -2.17. The van der Waals surface area contributed by atoms with Crippen molar-refractivity contribution in [2.75, 3.05) is 19.1 Å². The molecule has 2 aromatic carbocycles. The van der Waals surface area contributed by atoms with Crippen LogP contribution in [-0.4, -0.2) is 26.6 Å². The Morgan fingerprint density at radius 2 is 1.73 bits per heavy atom. The zero-order valence-electron chi connectivity index (χ0n) is 13.4. The summed E-state index contributed by atoms with van der Waals surface area (Å²) in [7, 11) is 3.31. The number of rotatable bonds is 5. The second kappa shape index (κ2) is 9.58. The molecule has 22 heavy (non-hydrogen) atoms. The number of carbonyl (C=O) groups excluding carboxylic acids is 1. The van der Waals surface area contributed by atoms with Crippen LogP contribution in [0.4, 0.5) is 5.69 Å². The van der Waals surface area contributed by atoms with Crippen LogP contribution < -0.4 is 15.4 Å². The van der Waals surface area contributed by atoms with E-state index in [1.807, 2.05) is 49.4 Å². The minimum Gasteiger partial charge on any atom is -0.497 e. The van der Waals surface area contributed by atoms with Gasteiger partial charge in [0.2, 0.25) is 6.41 Å². The topological polar surface area (TPSA) is 55.6 Å². The molecule has 1 amide bonds. The highest BCUT2D eigenvalue weighted by molar-refractivity contribution is 5.74. The molecule has 0 radical (unpaired) electrons. The predicted octanol–water partition coefficient (Wildman–Crippen LogP) is 2.86. The van der Waals surface area contributed by atoms with E-state index in [9.17, 15) is 4.79 Å². The van der Waals surface area contributed by atoms with E-state index >= 15 is 0 Å². The maximum atomic E-state index is 10.4. The van der Waals surface area contributed by atoms with E-state index in [0.29, 0.717) is 0 Å². The summed E-state index contributed by atoms with van der Waals surface area (Å²) in [4.78, 5) is 11.9. The van der Waals surface area contributed by atoms with E-state index in [-0.39, 0.29) is 6.04 Å². The smallest absolute Gasteiger partial charge is 0.213 e. The molecule has 2 aromatic rings. The number of anilines is 1. The maximum Gasteiger partial charge on any atom is 0.213 e. The molecule has 4 heteroatoms. The van der Waals surface area contributed by atoms with Gasteiger partial charge in [0.25, 0.3) is 0 Å². The van der Waals surface area contributed by atoms with Gasteiger partial charge in [0.1, 0.15) is 5.75 Å². The number of nitrogens with two attached hydrogens (primary N) is 1. The summed E-state index contributed by atoms with van der Waals surface area (Å²) in [6, 6.07) is 17.8. The van der Waals surface area contributed by atoms with Gasteiger partial charge in [0.05, 0.1) is 7.11 Å². The number of amides is 1. The van der Waals surface area contributed by atoms with Crippen LogP contribution >= 0.6 is 0 Å². The minimum atomic E-state index is 0.266. The summed E-state index contributed by atoms with van der Waals surface area (Å²) in [5, 5.41) is 0. The summed E-state index contributed by atoms with van der Waals surface area (Å²) in [5.41, 5.74) is 7.79. The normalized spacial score (nSPS) is 10.9. The van der Waals surface area contributed by atoms with Gasteiger partial charge in [0, 0.05) is 18.8 Å². The molecule has 1 atom stereocenters. The molecule has 0 fully saturated rings. The number of hydrogen-bond donors (Lipinski definition) is 1. The molecule has 2 N–H and O–H groups in total. The number of nitrogens with zero attached hydrogens (tertiary/aromatic N) is 1. The lowest BCUT2D eigenvalue weighted by Gasteiger charge is -2.10. The number of hydrogen-bond acceptors (Lipinski definition) is 3. The average Bonchev–Trinajstić information content (AvgIpc) is 2.55. The standard InChI is InChI=1S/C9H11NO2.C9H13N/c1-10(7-11)8-3-5-9(12-2)6-4-8;1-8(10)7-9-5-3-2-4-6-9/h3-7H,1-2H3;2-6,8H,7,10H2,1H3.